The Bertz CT molecular complexity index is 880. The Morgan fingerprint density at radius 2 is 2.00 bits per heavy atom. The van der Waals surface area contributed by atoms with Crippen molar-refractivity contribution < 1.29 is 9.90 Å². The number of hydrogen-bond donors (Lipinski definition) is 2. The second-order valence-electron chi connectivity index (χ2n) is 5.51. The Hall–Kier alpha value is -2.26. The quantitative estimate of drug-likeness (QED) is 0.734. The van der Waals surface area contributed by atoms with E-state index in [2.05, 4.69) is 4.98 Å². The fourth-order valence-electron chi connectivity index (χ4n) is 2.82. The van der Waals surface area contributed by atoms with Gasteiger partial charge in [0.05, 0.1) is 17.6 Å². The summed E-state index contributed by atoms with van der Waals surface area (Å²) in [5.74, 6) is -0.845. The van der Waals surface area contributed by atoms with Crippen LogP contribution in [0.15, 0.2) is 36.4 Å². The van der Waals surface area contributed by atoms with Gasteiger partial charge >= 0.3 is 5.97 Å². The van der Waals surface area contributed by atoms with Gasteiger partial charge in [0.15, 0.2) is 0 Å². The van der Waals surface area contributed by atoms with Crippen LogP contribution in [0.5, 0.6) is 0 Å². The maximum Gasteiger partial charge on any atom is 0.307 e. The molecule has 0 aliphatic carbocycles. The van der Waals surface area contributed by atoms with Crippen LogP contribution in [0.2, 0.25) is 5.02 Å². The first-order chi connectivity index (χ1) is 10.5. The summed E-state index contributed by atoms with van der Waals surface area (Å²) in [6, 6.07) is 11.7. The average Bonchev–Trinajstić information content (AvgIpc) is 2.82. The van der Waals surface area contributed by atoms with E-state index in [9.17, 15) is 9.90 Å². The van der Waals surface area contributed by atoms with Crippen LogP contribution in [0.25, 0.3) is 22.2 Å². The normalized spacial score (nSPS) is 11.0. The second-order valence-corrected chi connectivity index (χ2v) is 5.92. The highest BCUT2D eigenvalue weighted by Gasteiger charge is 2.17. The number of aryl methyl sites for hydroxylation is 2. The van der Waals surface area contributed by atoms with Crippen molar-refractivity contribution in [1.29, 1.82) is 0 Å². The Kier molecular flexibility index (Phi) is 3.67. The molecule has 4 heteroatoms. The second kappa shape index (κ2) is 5.50. The standard InChI is InChI=1S/C18H16ClNO2/c1-10-4-3-5-12(8-10)18-14(9-16(21)22)13-6-7-15(19)11(2)17(13)20-18/h3-8,20H,9H2,1-2H3,(H,21,22). The molecular weight excluding hydrogens is 298 g/mol. The topological polar surface area (TPSA) is 53.1 Å². The first kappa shape index (κ1) is 14.7. The van der Waals surface area contributed by atoms with Crippen molar-refractivity contribution in [2.45, 2.75) is 20.3 Å². The number of H-pyrrole nitrogens is 1. The Morgan fingerprint density at radius 3 is 2.68 bits per heavy atom. The first-order valence-corrected chi connectivity index (χ1v) is 7.43. The van der Waals surface area contributed by atoms with Gasteiger partial charge in [-0.1, -0.05) is 41.4 Å². The summed E-state index contributed by atoms with van der Waals surface area (Å²) in [5, 5.41) is 10.8. The van der Waals surface area contributed by atoms with E-state index in [0.29, 0.717) is 5.02 Å². The highest BCUT2D eigenvalue weighted by molar-refractivity contribution is 6.32. The highest BCUT2D eigenvalue weighted by Crippen LogP contribution is 2.34. The molecule has 0 radical (unpaired) electrons. The van der Waals surface area contributed by atoms with Crippen molar-refractivity contribution in [1.82, 2.24) is 4.98 Å². The Labute approximate surface area is 133 Å². The van der Waals surface area contributed by atoms with E-state index in [1.165, 1.54) is 0 Å². The summed E-state index contributed by atoms with van der Waals surface area (Å²) < 4.78 is 0. The minimum absolute atomic E-state index is 0.0235. The van der Waals surface area contributed by atoms with E-state index in [1.54, 1.807) is 0 Å². The molecule has 3 aromatic rings. The zero-order chi connectivity index (χ0) is 15.9. The van der Waals surface area contributed by atoms with E-state index in [-0.39, 0.29) is 6.42 Å². The van der Waals surface area contributed by atoms with Crippen LogP contribution in [0.3, 0.4) is 0 Å². The molecule has 0 unspecified atom stereocenters. The molecule has 2 N–H and O–H groups in total. The van der Waals surface area contributed by atoms with Gasteiger partial charge < -0.3 is 10.1 Å². The van der Waals surface area contributed by atoms with Gasteiger partial charge in [-0.05, 0) is 42.7 Å². The zero-order valence-corrected chi connectivity index (χ0v) is 13.2. The van der Waals surface area contributed by atoms with Gasteiger partial charge in [-0.25, -0.2) is 0 Å². The molecule has 0 saturated carbocycles. The summed E-state index contributed by atoms with van der Waals surface area (Å²) >= 11 is 6.19. The molecule has 2 aromatic carbocycles. The summed E-state index contributed by atoms with van der Waals surface area (Å²) in [7, 11) is 0. The molecule has 22 heavy (non-hydrogen) atoms. The van der Waals surface area contributed by atoms with Crippen LogP contribution in [-0.2, 0) is 11.2 Å². The number of carbonyl (C=O) groups is 1. The molecular formula is C18H16ClNO2. The molecule has 1 heterocycles. The fraction of sp³-hybridized carbons (Fsp3) is 0.167. The van der Waals surface area contributed by atoms with Crippen LogP contribution in [0, 0.1) is 13.8 Å². The molecule has 1 aromatic heterocycles. The number of nitrogens with one attached hydrogen (secondary N) is 1. The molecule has 3 nitrogen and oxygen atoms in total. The number of aromatic nitrogens is 1. The number of aliphatic carboxylic acids is 1. The van der Waals surface area contributed by atoms with E-state index in [4.69, 9.17) is 11.6 Å². The number of carboxylic acid groups (broad SMARTS) is 1. The molecule has 0 bridgehead atoms. The number of carboxylic acids is 1. The monoisotopic (exact) mass is 313 g/mol. The van der Waals surface area contributed by atoms with Crippen molar-refractivity contribution >= 4 is 28.5 Å². The van der Waals surface area contributed by atoms with Crippen LogP contribution in [0.1, 0.15) is 16.7 Å². The smallest absolute Gasteiger partial charge is 0.307 e. The van der Waals surface area contributed by atoms with E-state index >= 15 is 0 Å². The lowest BCUT2D eigenvalue weighted by atomic mass is 10.0. The average molecular weight is 314 g/mol. The van der Waals surface area contributed by atoms with Crippen molar-refractivity contribution in [3.05, 3.63) is 58.1 Å². The lowest BCUT2D eigenvalue weighted by Crippen LogP contribution is -2.01. The molecule has 0 aliphatic rings. The number of aromatic amines is 1. The van der Waals surface area contributed by atoms with Gasteiger partial charge in [-0.2, -0.15) is 0 Å². The third-order valence-corrected chi connectivity index (χ3v) is 4.32. The van der Waals surface area contributed by atoms with Crippen LogP contribution in [0.4, 0.5) is 0 Å². The minimum Gasteiger partial charge on any atom is -0.481 e. The van der Waals surface area contributed by atoms with Gasteiger partial charge in [0.1, 0.15) is 0 Å². The molecule has 0 fully saturated rings. The van der Waals surface area contributed by atoms with Gasteiger partial charge in [0, 0.05) is 10.4 Å². The van der Waals surface area contributed by atoms with Crippen molar-refractivity contribution in [3.8, 4) is 11.3 Å². The van der Waals surface area contributed by atoms with E-state index in [1.807, 2.05) is 50.2 Å². The largest absolute Gasteiger partial charge is 0.481 e. The number of rotatable bonds is 3. The third kappa shape index (κ3) is 2.48. The lowest BCUT2D eigenvalue weighted by molar-refractivity contribution is -0.136. The SMILES string of the molecule is Cc1cccc(-c2[nH]c3c(C)c(Cl)ccc3c2CC(=O)O)c1. The third-order valence-electron chi connectivity index (χ3n) is 3.91. The molecule has 3 rings (SSSR count). The van der Waals surface area contributed by atoms with E-state index < -0.39 is 5.97 Å². The van der Waals surface area contributed by atoms with Crippen molar-refractivity contribution in [2.24, 2.45) is 0 Å². The summed E-state index contributed by atoms with van der Waals surface area (Å²) in [4.78, 5) is 14.6. The predicted molar refractivity (Wildman–Crippen MR) is 89.6 cm³/mol. The van der Waals surface area contributed by atoms with Crippen LogP contribution < -0.4 is 0 Å². The van der Waals surface area contributed by atoms with Gasteiger partial charge in [-0.3, -0.25) is 4.79 Å². The molecule has 0 saturated heterocycles. The molecule has 0 atom stereocenters. The van der Waals surface area contributed by atoms with Crippen LogP contribution >= 0.6 is 11.6 Å². The molecule has 0 amide bonds. The number of fused-ring (bicyclic) bond motifs is 1. The summed E-state index contributed by atoms with van der Waals surface area (Å²) in [5.41, 5.74) is 5.61. The van der Waals surface area contributed by atoms with Crippen molar-refractivity contribution in [3.63, 3.8) is 0 Å². The predicted octanol–water partition coefficient (Wildman–Crippen LogP) is 4.73. The lowest BCUT2D eigenvalue weighted by Gasteiger charge is -2.04. The van der Waals surface area contributed by atoms with Crippen LogP contribution in [-0.4, -0.2) is 16.1 Å². The number of benzene rings is 2. The fourth-order valence-corrected chi connectivity index (χ4v) is 2.97. The highest BCUT2D eigenvalue weighted by atomic mass is 35.5. The van der Waals surface area contributed by atoms with Gasteiger partial charge in [0.25, 0.3) is 0 Å². The molecule has 0 spiro atoms. The Balaban J connectivity index is 2.33. The summed E-state index contributed by atoms with van der Waals surface area (Å²) in [6.07, 6.45) is -0.0235. The maximum atomic E-state index is 11.3. The van der Waals surface area contributed by atoms with Crippen molar-refractivity contribution in [2.75, 3.05) is 0 Å². The molecule has 0 aliphatic heterocycles. The van der Waals surface area contributed by atoms with E-state index in [0.717, 1.165) is 38.9 Å². The van der Waals surface area contributed by atoms with Gasteiger partial charge in [-0.15, -0.1) is 0 Å². The number of halogens is 1. The Morgan fingerprint density at radius 1 is 1.23 bits per heavy atom. The summed E-state index contributed by atoms with van der Waals surface area (Å²) in [6.45, 7) is 3.96. The number of hydrogen-bond acceptors (Lipinski definition) is 1. The first-order valence-electron chi connectivity index (χ1n) is 7.06. The minimum atomic E-state index is -0.845. The van der Waals surface area contributed by atoms with Gasteiger partial charge in [0.2, 0.25) is 0 Å². The molecule has 112 valence electrons. The zero-order valence-electron chi connectivity index (χ0n) is 12.4. The maximum absolute atomic E-state index is 11.3.